The first-order valence-corrected chi connectivity index (χ1v) is 14.5. The summed E-state index contributed by atoms with van der Waals surface area (Å²) in [4.78, 5) is 50.7. The van der Waals surface area contributed by atoms with Gasteiger partial charge in [-0.15, -0.1) is 0 Å². The zero-order chi connectivity index (χ0) is 36.4. The summed E-state index contributed by atoms with van der Waals surface area (Å²) < 4.78 is 79.0. The van der Waals surface area contributed by atoms with E-state index in [1.807, 2.05) is 5.43 Å². The summed E-state index contributed by atoms with van der Waals surface area (Å²) >= 11 is 0. The van der Waals surface area contributed by atoms with Crippen LogP contribution in [0.15, 0.2) is 77.9 Å². The monoisotopic (exact) mass is 694 g/mol. The van der Waals surface area contributed by atoms with Gasteiger partial charge in [-0.05, 0) is 60.4 Å². The van der Waals surface area contributed by atoms with Crippen molar-refractivity contribution in [2.45, 2.75) is 50.2 Å². The third kappa shape index (κ3) is 12.3. The lowest BCUT2D eigenvalue weighted by molar-refractivity contribution is -0.143. The van der Waals surface area contributed by atoms with Gasteiger partial charge in [0, 0.05) is 6.42 Å². The molecule has 0 aliphatic rings. The molecule has 3 aromatic rings. The lowest BCUT2D eigenvalue weighted by atomic mass is 10.1. The van der Waals surface area contributed by atoms with Crippen molar-refractivity contribution < 1.29 is 50.6 Å². The van der Waals surface area contributed by atoms with Crippen molar-refractivity contribution in [1.82, 2.24) is 21.4 Å². The summed E-state index contributed by atoms with van der Waals surface area (Å²) in [5.41, 5.74) is 5.41. The van der Waals surface area contributed by atoms with Crippen LogP contribution in [-0.2, 0) is 44.4 Å². The lowest BCUT2D eigenvalue weighted by Gasteiger charge is -2.19. The van der Waals surface area contributed by atoms with Gasteiger partial charge in [-0.1, -0.05) is 42.5 Å². The van der Waals surface area contributed by atoms with Gasteiger partial charge in [0.1, 0.15) is 17.8 Å². The van der Waals surface area contributed by atoms with Crippen LogP contribution in [0.2, 0.25) is 0 Å². The van der Waals surface area contributed by atoms with E-state index in [4.69, 9.17) is 5.73 Å². The van der Waals surface area contributed by atoms with Gasteiger partial charge in [-0.2, -0.15) is 31.4 Å². The fourth-order valence-corrected chi connectivity index (χ4v) is 4.29. The number of carbonyl (C=O) groups is 4. The van der Waals surface area contributed by atoms with Gasteiger partial charge in [0.05, 0.1) is 29.9 Å². The fraction of sp³-hybridized carbons (Fsp3) is 0.281. The molecule has 262 valence electrons. The van der Waals surface area contributed by atoms with Crippen molar-refractivity contribution in [3.05, 3.63) is 101 Å². The number of nitrogens with two attached hydrogens (primary N) is 1. The van der Waals surface area contributed by atoms with Crippen LogP contribution in [0.25, 0.3) is 0 Å². The van der Waals surface area contributed by atoms with Crippen LogP contribution < -0.4 is 27.1 Å². The van der Waals surface area contributed by atoms with E-state index in [-0.39, 0.29) is 24.7 Å². The summed E-state index contributed by atoms with van der Waals surface area (Å²) in [5, 5.41) is 20.0. The molecule has 11 nitrogen and oxygen atoms in total. The zero-order valence-corrected chi connectivity index (χ0v) is 25.7. The maximum absolute atomic E-state index is 13.2. The van der Waals surface area contributed by atoms with Crippen LogP contribution in [0.4, 0.5) is 26.3 Å². The van der Waals surface area contributed by atoms with Crippen LogP contribution >= 0.6 is 0 Å². The van der Waals surface area contributed by atoms with E-state index >= 15 is 0 Å². The van der Waals surface area contributed by atoms with Gasteiger partial charge in [0.25, 0.3) is 5.91 Å². The molecule has 0 unspecified atom stereocenters. The van der Waals surface area contributed by atoms with E-state index in [2.05, 4.69) is 21.1 Å². The summed E-state index contributed by atoms with van der Waals surface area (Å²) in [5.74, 6) is -3.18. The molecule has 7 N–H and O–H groups in total. The molecule has 0 spiro atoms. The first-order chi connectivity index (χ1) is 22.9. The highest BCUT2D eigenvalue weighted by atomic mass is 19.4. The number of rotatable bonds is 13. The number of phenols is 1. The second-order valence-electron chi connectivity index (χ2n) is 10.8. The molecule has 0 aliphatic heterocycles. The Morgan fingerprint density at radius 1 is 0.796 bits per heavy atom. The molecule has 3 rings (SSSR count). The molecule has 0 bridgehead atoms. The predicted molar refractivity (Wildman–Crippen MR) is 165 cm³/mol. The molecule has 0 radical (unpaired) electrons. The van der Waals surface area contributed by atoms with E-state index in [0.717, 1.165) is 0 Å². The number of benzene rings is 3. The highest BCUT2D eigenvalue weighted by Crippen LogP contribution is 2.36. The van der Waals surface area contributed by atoms with Crippen molar-refractivity contribution >= 4 is 29.8 Å². The normalized spacial score (nSPS) is 13.6. The average molecular weight is 695 g/mol. The number of nitrogens with zero attached hydrogens (tertiary/aromatic N) is 1. The molecule has 17 heteroatoms. The Kier molecular flexibility index (Phi) is 12.9. The smallest absolute Gasteiger partial charge is 0.416 e. The Balaban J connectivity index is 1.61. The van der Waals surface area contributed by atoms with Crippen molar-refractivity contribution in [2.75, 3.05) is 6.54 Å². The van der Waals surface area contributed by atoms with Crippen molar-refractivity contribution in [3.8, 4) is 5.75 Å². The molecule has 0 fully saturated rings. The minimum Gasteiger partial charge on any atom is -0.508 e. The standard InChI is InChI=1S/C32H32F6N6O5/c1-18(42-29(48)25(39)13-20-7-9-24(45)10-8-20)28(47)40-17-27(46)43-26(14-19-5-3-2-4-6-19)30(49)44-41-16-21-11-22(31(33,34)35)15-23(12-21)32(36,37)38/h2-12,15-16,18,25-26,45H,13-14,17,39H2,1H3,(H,40,47)(H,42,48)(H,43,46)(H,44,49)/b41-16+/t18-,25+,26+/m1/s1. The van der Waals surface area contributed by atoms with E-state index in [9.17, 15) is 50.6 Å². The Hall–Kier alpha value is -5.45. The quantitative estimate of drug-likeness (QED) is 0.0912. The van der Waals surface area contributed by atoms with Crippen molar-refractivity contribution in [2.24, 2.45) is 10.8 Å². The Morgan fingerprint density at radius 3 is 1.94 bits per heavy atom. The van der Waals surface area contributed by atoms with E-state index in [1.165, 1.54) is 19.1 Å². The molecule has 3 atom stereocenters. The molecule has 0 saturated carbocycles. The van der Waals surface area contributed by atoms with Gasteiger partial charge in [-0.25, -0.2) is 5.43 Å². The third-order valence-corrected chi connectivity index (χ3v) is 6.84. The number of phenolic OH excluding ortho intramolecular Hbond substituents is 1. The molecular formula is C32H32F6N6O5. The second kappa shape index (κ2) is 16.6. The highest BCUT2D eigenvalue weighted by molar-refractivity contribution is 5.93. The number of amides is 4. The molecular weight excluding hydrogens is 662 g/mol. The van der Waals surface area contributed by atoms with Crippen molar-refractivity contribution in [3.63, 3.8) is 0 Å². The number of carbonyl (C=O) groups excluding carboxylic acids is 4. The average Bonchev–Trinajstić information content (AvgIpc) is 3.03. The Labute approximate surface area is 275 Å². The maximum atomic E-state index is 13.2. The number of aromatic hydroxyl groups is 1. The minimum atomic E-state index is -5.08. The van der Waals surface area contributed by atoms with Crippen LogP contribution in [0.5, 0.6) is 5.75 Å². The summed E-state index contributed by atoms with van der Waals surface area (Å²) in [6, 6.07) is 11.6. The zero-order valence-electron chi connectivity index (χ0n) is 25.7. The number of hydrogen-bond donors (Lipinski definition) is 6. The van der Waals surface area contributed by atoms with Gasteiger partial charge >= 0.3 is 12.4 Å². The van der Waals surface area contributed by atoms with E-state index in [1.54, 1.807) is 42.5 Å². The fourth-order valence-electron chi connectivity index (χ4n) is 4.29. The molecule has 3 aromatic carbocycles. The summed E-state index contributed by atoms with van der Waals surface area (Å²) in [7, 11) is 0. The molecule has 0 aliphatic carbocycles. The summed E-state index contributed by atoms with van der Waals surface area (Å²) in [6.45, 7) is 0.717. The molecule has 4 amide bonds. The topological polar surface area (TPSA) is 175 Å². The SMILES string of the molecule is C[C@@H](NC(=O)[C@@H](N)Cc1ccc(O)cc1)C(=O)NCC(=O)N[C@@H](Cc1ccccc1)C(=O)N/N=C/c1cc(C(F)(F)F)cc(C(F)(F)F)c1. The highest BCUT2D eigenvalue weighted by Gasteiger charge is 2.36. The first-order valence-electron chi connectivity index (χ1n) is 14.5. The first kappa shape index (κ1) is 38.0. The van der Waals surface area contributed by atoms with Crippen molar-refractivity contribution in [1.29, 1.82) is 0 Å². The Morgan fingerprint density at radius 2 is 1.37 bits per heavy atom. The molecule has 0 saturated heterocycles. The van der Waals surface area contributed by atoms with Gasteiger partial charge < -0.3 is 26.8 Å². The largest absolute Gasteiger partial charge is 0.508 e. The Bertz CT molecular complexity index is 1620. The number of hydrogen-bond acceptors (Lipinski definition) is 7. The lowest BCUT2D eigenvalue weighted by Crippen LogP contribution is -2.53. The van der Waals surface area contributed by atoms with Crippen LogP contribution in [-0.4, -0.2) is 59.6 Å². The van der Waals surface area contributed by atoms with Gasteiger partial charge in [0.15, 0.2) is 0 Å². The summed E-state index contributed by atoms with van der Waals surface area (Å²) in [6.07, 6.45) is -9.56. The van der Waals surface area contributed by atoms with Gasteiger partial charge in [-0.3, -0.25) is 19.2 Å². The number of nitrogens with one attached hydrogen (secondary N) is 4. The number of hydrazone groups is 1. The van der Waals surface area contributed by atoms with E-state index in [0.29, 0.717) is 29.5 Å². The van der Waals surface area contributed by atoms with Crippen LogP contribution in [0.3, 0.4) is 0 Å². The number of halogens is 6. The molecule has 0 aromatic heterocycles. The number of alkyl halides is 6. The van der Waals surface area contributed by atoms with Gasteiger partial charge in [0.2, 0.25) is 17.7 Å². The van der Waals surface area contributed by atoms with Crippen LogP contribution in [0.1, 0.15) is 34.7 Å². The predicted octanol–water partition coefficient (Wildman–Crippen LogP) is 2.80. The third-order valence-electron chi connectivity index (χ3n) is 6.84. The van der Waals surface area contributed by atoms with Crippen LogP contribution in [0, 0.1) is 0 Å². The molecule has 0 heterocycles. The van der Waals surface area contributed by atoms with E-state index < -0.39 is 77.3 Å². The maximum Gasteiger partial charge on any atom is 0.416 e. The second-order valence-corrected chi connectivity index (χ2v) is 10.8. The minimum absolute atomic E-state index is 0.0385. The molecule has 49 heavy (non-hydrogen) atoms.